The summed E-state index contributed by atoms with van der Waals surface area (Å²) in [5, 5.41) is 0.250. The number of ether oxygens (including phenoxy) is 1. The third-order valence-corrected chi connectivity index (χ3v) is 18.0. The minimum atomic E-state index is -2.01. The Morgan fingerprint density at radius 1 is 0.944 bits per heavy atom. The first-order valence-electron chi connectivity index (χ1n) is 13.1. The van der Waals surface area contributed by atoms with E-state index in [1.54, 1.807) is 6.33 Å². The number of fused-ring (bicyclic) bond motifs is 1. The van der Waals surface area contributed by atoms with Gasteiger partial charge in [-0.15, -0.1) is 0 Å². The van der Waals surface area contributed by atoms with Gasteiger partial charge in [0.2, 0.25) is 0 Å². The summed E-state index contributed by atoms with van der Waals surface area (Å²) in [6.45, 7) is 30.1. The number of nitrogens with zero attached hydrogens (tertiary/aromatic N) is 4. The Bertz CT molecular complexity index is 1050. The monoisotopic (exact) mass is 551 g/mol. The Morgan fingerprint density at radius 3 is 2.11 bits per heavy atom. The van der Waals surface area contributed by atoms with Crippen LogP contribution < -0.4 is 4.98 Å². The minimum Gasteiger partial charge on any atom is -0.414 e. The molecule has 0 saturated carbocycles. The number of nitrogens with one attached hydrogen (secondary N) is 1. The van der Waals surface area contributed by atoms with Gasteiger partial charge in [0.05, 0.1) is 19.0 Å². The van der Waals surface area contributed by atoms with Crippen LogP contribution >= 0.6 is 0 Å². The highest BCUT2D eigenvalue weighted by Gasteiger charge is 2.47. The summed E-state index contributed by atoms with van der Waals surface area (Å²) in [5.41, 5.74) is 1.57. The van der Waals surface area contributed by atoms with Crippen LogP contribution in [0.15, 0.2) is 12.7 Å². The molecule has 0 aromatic carbocycles. The smallest absolute Gasteiger partial charge is 0.192 e. The van der Waals surface area contributed by atoms with Crippen LogP contribution in [0.3, 0.4) is 0 Å². The zero-order chi connectivity index (χ0) is 27.3. The van der Waals surface area contributed by atoms with Crippen molar-refractivity contribution in [2.75, 3.05) is 11.6 Å². The summed E-state index contributed by atoms with van der Waals surface area (Å²) in [4.78, 5) is 17.3. The molecule has 1 N–H and O–H groups in total. The first kappa shape index (κ1) is 29.4. The van der Waals surface area contributed by atoms with Gasteiger partial charge in [-0.3, -0.25) is 4.57 Å². The zero-order valence-electron chi connectivity index (χ0n) is 24.8. The Hall–Kier alpha value is -1.12. The van der Waals surface area contributed by atoms with Crippen molar-refractivity contribution >= 4 is 41.9 Å². The average Bonchev–Trinajstić information content (AvgIpc) is 3.27. The number of imidazole rings is 1. The molecule has 1 aliphatic rings. The molecule has 1 saturated heterocycles. The fraction of sp³-hybridized carbons (Fsp3) is 0.800. The first-order chi connectivity index (χ1) is 16.2. The lowest BCUT2D eigenvalue weighted by atomic mass is 10.2. The molecular weight excluding hydrogens is 503 g/mol. The van der Waals surface area contributed by atoms with Gasteiger partial charge in [0, 0.05) is 6.42 Å². The van der Waals surface area contributed by atoms with E-state index in [1.807, 2.05) is 10.9 Å². The van der Waals surface area contributed by atoms with Crippen LogP contribution in [0.2, 0.25) is 55.9 Å². The maximum atomic E-state index is 6.93. The fourth-order valence-electron chi connectivity index (χ4n) is 3.72. The van der Waals surface area contributed by atoms with Crippen molar-refractivity contribution in [3.63, 3.8) is 0 Å². The quantitative estimate of drug-likeness (QED) is 0.362. The molecular formula is C25H49N5O3Si3. The number of rotatable bonds is 8. The van der Waals surface area contributed by atoms with E-state index in [1.165, 1.54) is 0 Å². The highest BCUT2D eigenvalue weighted by atomic mass is 28.4. The lowest BCUT2D eigenvalue weighted by molar-refractivity contribution is -0.0383. The largest absolute Gasteiger partial charge is 0.414 e. The fourth-order valence-corrected chi connectivity index (χ4v) is 6.98. The molecule has 1 aliphatic heterocycles. The maximum Gasteiger partial charge on any atom is 0.192 e. The van der Waals surface area contributed by atoms with Crippen LogP contribution in [-0.4, -0.2) is 63.2 Å². The molecule has 0 bridgehead atoms. The summed E-state index contributed by atoms with van der Waals surface area (Å²) in [6.07, 6.45) is 3.79. The van der Waals surface area contributed by atoms with Crippen molar-refractivity contribution < 1.29 is 13.6 Å². The summed E-state index contributed by atoms with van der Waals surface area (Å²) in [7, 11) is -5.53. The van der Waals surface area contributed by atoms with E-state index in [2.05, 4.69) is 107 Å². The minimum absolute atomic E-state index is 0.0421. The standard InChI is InChI=1S/C25H49N5O3Si3/c1-24(2,3)35(10,11)31-15-19-18(33-36(12,13)25(4,5)6)14-20(32-19)30-17-28-21-22(29-34(7,8)9)26-16-27-23(21)30/h16-20H,14-15H2,1-13H3,(H,26,27,29)/t18?,19-,20-/m0/s1. The molecule has 3 rings (SSSR count). The van der Waals surface area contributed by atoms with Gasteiger partial charge < -0.3 is 18.6 Å². The molecule has 36 heavy (non-hydrogen) atoms. The molecule has 0 spiro atoms. The lowest BCUT2D eigenvalue weighted by Crippen LogP contribution is -2.48. The van der Waals surface area contributed by atoms with E-state index >= 15 is 0 Å². The number of hydrogen-bond acceptors (Lipinski definition) is 7. The zero-order valence-corrected chi connectivity index (χ0v) is 27.8. The highest BCUT2D eigenvalue weighted by Crippen LogP contribution is 2.43. The summed E-state index contributed by atoms with van der Waals surface area (Å²) in [5.74, 6) is 0.794. The third-order valence-electron chi connectivity index (χ3n) is 8.01. The van der Waals surface area contributed by atoms with Crippen molar-refractivity contribution in [3.05, 3.63) is 12.7 Å². The van der Waals surface area contributed by atoms with Crippen molar-refractivity contribution in [2.45, 2.75) is 122 Å². The van der Waals surface area contributed by atoms with Gasteiger partial charge in [-0.2, -0.15) is 0 Å². The molecule has 2 aromatic rings. The predicted molar refractivity (Wildman–Crippen MR) is 156 cm³/mol. The Balaban J connectivity index is 1.90. The molecule has 8 nitrogen and oxygen atoms in total. The molecule has 204 valence electrons. The molecule has 0 amide bonds. The molecule has 0 radical (unpaired) electrons. The molecule has 11 heteroatoms. The van der Waals surface area contributed by atoms with Crippen LogP contribution in [0.1, 0.15) is 54.2 Å². The van der Waals surface area contributed by atoms with E-state index in [-0.39, 0.29) is 28.5 Å². The number of anilines is 1. The first-order valence-corrected chi connectivity index (χ1v) is 22.5. The van der Waals surface area contributed by atoms with Crippen LogP contribution in [0.5, 0.6) is 0 Å². The topological polar surface area (TPSA) is 83.3 Å². The van der Waals surface area contributed by atoms with Gasteiger partial charge >= 0.3 is 0 Å². The maximum absolute atomic E-state index is 6.93. The van der Waals surface area contributed by atoms with E-state index in [0.29, 0.717) is 6.61 Å². The van der Waals surface area contributed by atoms with E-state index in [0.717, 1.165) is 23.4 Å². The second-order valence-corrected chi connectivity index (χ2v) is 28.6. The van der Waals surface area contributed by atoms with Crippen LogP contribution in [0.4, 0.5) is 5.82 Å². The number of aromatic nitrogens is 4. The van der Waals surface area contributed by atoms with Crippen LogP contribution in [-0.2, 0) is 13.6 Å². The van der Waals surface area contributed by atoms with Gasteiger partial charge in [0.15, 0.2) is 22.3 Å². The predicted octanol–water partition coefficient (Wildman–Crippen LogP) is 6.77. The molecule has 3 heterocycles. The summed E-state index contributed by atoms with van der Waals surface area (Å²) < 4.78 is 22.3. The molecule has 1 fully saturated rings. The van der Waals surface area contributed by atoms with Crippen LogP contribution in [0.25, 0.3) is 11.2 Å². The highest BCUT2D eigenvalue weighted by molar-refractivity contribution is 6.79. The van der Waals surface area contributed by atoms with Crippen molar-refractivity contribution in [1.82, 2.24) is 19.5 Å². The van der Waals surface area contributed by atoms with E-state index in [4.69, 9.17) is 13.6 Å². The van der Waals surface area contributed by atoms with Gasteiger partial charge in [-0.25, -0.2) is 15.0 Å². The Morgan fingerprint density at radius 2 is 1.56 bits per heavy atom. The van der Waals surface area contributed by atoms with Gasteiger partial charge in [0.1, 0.15) is 38.2 Å². The molecule has 0 aliphatic carbocycles. The Labute approximate surface area is 221 Å². The second kappa shape index (κ2) is 9.88. The molecule has 1 unspecified atom stereocenters. The van der Waals surface area contributed by atoms with E-state index in [9.17, 15) is 0 Å². The second-order valence-electron chi connectivity index (χ2n) is 14.3. The van der Waals surface area contributed by atoms with Crippen LogP contribution in [0, 0.1) is 0 Å². The molecule has 2 aromatic heterocycles. The van der Waals surface area contributed by atoms with Gasteiger partial charge in [0.25, 0.3) is 0 Å². The number of hydrogen-bond donors (Lipinski definition) is 1. The lowest BCUT2D eigenvalue weighted by Gasteiger charge is -2.40. The third kappa shape index (κ3) is 6.47. The van der Waals surface area contributed by atoms with Crippen molar-refractivity contribution in [1.29, 1.82) is 0 Å². The van der Waals surface area contributed by atoms with E-state index < -0.39 is 24.9 Å². The van der Waals surface area contributed by atoms with Crippen molar-refractivity contribution in [2.24, 2.45) is 0 Å². The van der Waals surface area contributed by atoms with Gasteiger partial charge in [-0.05, 0) is 36.3 Å². The summed E-state index contributed by atoms with van der Waals surface area (Å²) in [6, 6.07) is 0. The molecule has 3 atom stereocenters. The average molecular weight is 552 g/mol. The SMILES string of the molecule is CC(C)(C)[Si](C)(C)OC[C@@H]1O[C@H](n2cnc3c(N[Si](C)(C)C)ncnc32)CC1O[Si](C)(C)C(C)(C)C. The normalized spacial score (nSPS) is 22.4. The van der Waals surface area contributed by atoms with Gasteiger partial charge in [-0.1, -0.05) is 61.2 Å². The Kier molecular flexibility index (Phi) is 8.08. The summed E-state index contributed by atoms with van der Waals surface area (Å²) >= 11 is 0. The van der Waals surface area contributed by atoms with Crippen molar-refractivity contribution in [3.8, 4) is 0 Å².